The molecule has 3 rings (SSSR count). The predicted octanol–water partition coefficient (Wildman–Crippen LogP) is -1.26. The van der Waals surface area contributed by atoms with Crippen LogP contribution in [-0.4, -0.2) is 66.0 Å². The summed E-state index contributed by atoms with van der Waals surface area (Å²) in [6.45, 7) is -0.396. The van der Waals surface area contributed by atoms with Crippen LogP contribution in [0.2, 0.25) is 0 Å². The number of aromatic nitrogens is 4. The van der Waals surface area contributed by atoms with Crippen LogP contribution in [0.15, 0.2) is 11.5 Å². The lowest BCUT2D eigenvalue weighted by molar-refractivity contribution is -0.0548. The Morgan fingerprint density at radius 3 is 2.76 bits per heavy atom. The van der Waals surface area contributed by atoms with Gasteiger partial charge in [-0.2, -0.15) is 0 Å². The second-order valence-corrected chi connectivity index (χ2v) is 5.40. The number of nitrogens with zero attached hydrogens (tertiary/aromatic N) is 4. The van der Waals surface area contributed by atoms with Gasteiger partial charge >= 0.3 is 0 Å². The Kier molecular flexibility index (Phi) is 3.71. The average molecular weight is 313 g/mol. The highest BCUT2D eigenvalue weighted by atomic mass is 32.2. The molecule has 1 fully saturated rings. The lowest BCUT2D eigenvalue weighted by Crippen LogP contribution is -2.33. The second kappa shape index (κ2) is 5.39. The predicted molar refractivity (Wildman–Crippen MR) is 74.5 cm³/mol. The number of ether oxygens (including phenoxy) is 1. The Morgan fingerprint density at radius 2 is 2.14 bits per heavy atom. The van der Waals surface area contributed by atoms with Gasteiger partial charge < -0.3 is 25.8 Å². The molecule has 0 amide bonds. The Hall–Kier alpha value is -1.46. The monoisotopic (exact) mass is 313 g/mol. The van der Waals surface area contributed by atoms with Gasteiger partial charge in [0.15, 0.2) is 28.4 Å². The van der Waals surface area contributed by atoms with Gasteiger partial charge in [0.1, 0.15) is 24.6 Å². The van der Waals surface area contributed by atoms with Crippen molar-refractivity contribution in [1.82, 2.24) is 19.5 Å². The number of hydrogen-bond acceptors (Lipinski definition) is 9. The summed E-state index contributed by atoms with van der Waals surface area (Å²) in [5.74, 6) is 0.223. The van der Waals surface area contributed by atoms with Crippen LogP contribution < -0.4 is 5.73 Å². The molecule has 2 aromatic heterocycles. The number of anilines is 1. The molecule has 0 aromatic carbocycles. The third kappa shape index (κ3) is 2.15. The Labute approximate surface area is 123 Å². The summed E-state index contributed by atoms with van der Waals surface area (Å²) in [6, 6.07) is 0. The zero-order valence-electron chi connectivity index (χ0n) is 11.1. The molecular weight excluding hydrogens is 298 g/mol. The van der Waals surface area contributed by atoms with Crippen molar-refractivity contribution in [3.05, 3.63) is 6.33 Å². The van der Waals surface area contributed by atoms with Gasteiger partial charge in [-0.15, -0.1) is 0 Å². The first-order chi connectivity index (χ1) is 10.1. The highest BCUT2D eigenvalue weighted by Crippen LogP contribution is 2.35. The maximum atomic E-state index is 10.2. The van der Waals surface area contributed by atoms with Crippen LogP contribution >= 0.6 is 11.8 Å². The maximum Gasteiger partial charge on any atom is 0.172 e. The molecule has 1 saturated heterocycles. The molecular formula is C11H15N5O4S. The molecule has 1 aliphatic rings. The van der Waals surface area contributed by atoms with Gasteiger partial charge in [-0.1, -0.05) is 11.8 Å². The third-order valence-corrected chi connectivity index (χ3v) is 4.08. The van der Waals surface area contributed by atoms with Crippen LogP contribution in [0.25, 0.3) is 11.2 Å². The quantitative estimate of drug-likeness (QED) is 0.511. The average Bonchev–Trinajstić information content (AvgIpc) is 2.99. The normalized spacial score (nSPS) is 29.3. The van der Waals surface area contributed by atoms with E-state index in [2.05, 4.69) is 15.0 Å². The van der Waals surface area contributed by atoms with E-state index < -0.39 is 31.1 Å². The molecule has 2 aromatic rings. The van der Waals surface area contributed by atoms with E-state index in [-0.39, 0.29) is 5.82 Å². The van der Waals surface area contributed by atoms with Gasteiger partial charge in [0, 0.05) is 0 Å². The summed E-state index contributed by atoms with van der Waals surface area (Å²) in [5, 5.41) is 29.7. The molecule has 0 saturated carbocycles. The molecule has 1 aliphatic heterocycles. The van der Waals surface area contributed by atoms with Crippen LogP contribution in [0.1, 0.15) is 6.23 Å². The minimum absolute atomic E-state index is 0.223. The number of aliphatic hydroxyl groups excluding tert-OH is 3. The SMILES string of the molecule is CSc1nc2c(N)ncnc2n1[C@H]1O[C@@H](CO)[C@@H](O)[C@H]1O. The Morgan fingerprint density at radius 1 is 1.38 bits per heavy atom. The van der Waals surface area contributed by atoms with Gasteiger partial charge in [0.2, 0.25) is 0 Å². The molecule has 0 bridgehead atoms. The van der Waals surface area contributed by atoms with Gasteiger partial charge in [0.05, 0.1) is 6.61 Å². The summed E-state index contributed by atoms with van der Waals surface area (Å²) in [6.07, 6.45) is -1.06. The fraction of sp³-hybridized carbons (Fsp3) is 0.545. The van der Waals surface area contributed by atoms with E-state index in [0.29, 0.717) is 16.3 Å². The zero-order valence-corrected chi connectivity index (χ0v) is 11.9. The van der Waals surface area contributed by atoms with E-state index >= 15 is 0 Å². The highest BCUT2D eigenvalue weighted by molar-refractivity contribution is 7.98. The molecule has 0 radical (unpaired) electrons. The van der Waals surface area contributed by atoms with Crippen molar-refractivity contribution in [2.45, 2.75) is 29.7 Å². The van der Waals surface area contributed by atoms with Crippen molar-refractivity contribution >= 4 is 28.7 Å². The molecule has 5 N–H and O–H groups in total. The molecule has 0 aliphatic carbocycles. The third-order valence-electron chi connectivity index (χ3n) is 3.43. The molecule has 21 heavy (non-hydrogen) atoms. The molecule has 0 spiro atoms. The minimum atomic E-state index is -1.21. The van der Waals surface area contributed by atoms with Crippen LogP contribution in [0.3, 0.4) is 0 Å². The smallest absolute Gasteiger partial charge is 0.172 e. The van der Waals surface area contributed by atoms with E-state index in [1.807, 2.05) is 6.26 Å². The molecule has 10 heteroatoms. The van der Waals surface area contributed by atoms with Crippen LogP contribution in [0.5, 0.6) is 0 Å². The van der Waals surface area contributed by atoms with Gasteiger partial charge in [0.25, 0.3) is 0 Å². The maximum absolute atomic E-state index is 10.2. The summed E-state index contributed by atoms with van der Waals surface area (Å²) in [7, 11) is 0. The number of rotatable bonds is 3. The molecule has 4 atom stereocenters. The number of fused-ring (bicyclic) bond motifs is 1. The number of thioether (sulfide) groups is 1. The fourth-order valence-corrected chi connectivity index (χ4v) is 2.94. The van der Waals surface area contributed by atoms with Gasteiger partial charge in [-0.3, -0.25) is 4.57 Å². The summed E-state index contributed by atoms with van der Waals surface area (Å²) < 4.78 is 7.09. The number of nitrogen functional groups attached to an aromatic ring is 1. The first-order valence-electron chi connectivity index (χ1n) is 6.23. The van der Waals surface area contributed by atoms with Crippen molar-refractivity contribution in [2.24, 2.45) is 0 Å². The number of nitrogens with two attached hydrogens (primary N) is 1. The topological polar surface area (TPSA) is 140 Å². The number of hydrogen-bond donors (Lipinski definition) is 4. The van der Waals surface area contributed by atoms with Crippen molar-refractivity contribution in [1.29, 1.82) is 0 Å². The lowest BCUT2D eigenvalue weighted by Gasteiger charge is -2.18. The van der Waals surface area contributed by atoms with Gasteiger partial charge in [-0.05, 0) is 6.26 Å². The molecule has 3 heterocycles. The van der Waals surface area contributed by atoms with E-state index in [4.69, 9.17) is 10.5 Å². The Balaban J connectivity index is 2.14. The second-order valence-electron chi connectivity index (χ2n) is 4.63. The van der Waals surface area contributed by atoms with E-state index in [0.717, 1.165) is 0 Å². The number of imidazole rings is 1. The fourth-order valence-electron chi connectivity index (χ4n) is 2.37. The van der Waals surface area contributed by atoms with Crippen molar-refractivity contribution < 1.29 is 20.1 Å². The van der Waals surface area contributed by atoms with E-state index in [1.165, 1.54) is 18.1 Å². The van der Waals surface area contributed by atoms with Crippen molar-refractivity contribution in [2.75, 3.05) is 18.6 Å². The summed E-state index contributed by atoms with van der Waals surface area (Å²) in [5.41, 5.74) is 6.59. The molecule has 114 valence electrons. The van der Waals surface area contributed by atoms with Crippen LogP contribution in [-0.2, 0) is 4.74 Å². The standard InChI is InChI=1S/C11H15N5O4S/c1-21-11-15-5-8(12)13-3-14-9(5)16(11)10-7(19)6(18)4(2-17)20-10/h3-4,6-7,10,17-19H,2H2,1H3,(H2,12,13,14)/t4-,6+,7+,10-/m0/s1. The molecule has 0 unspecified atom stereocenters. The Bertz CT molecular complexity index is 665. The zero-order chi connectivity index (χ0) is 15.1. The minimum Gasteiger partial charge on any atom is -0.394 e. The first-order valence-corrected chi connectivity index (χ1v) is 7.45. The van der Waals surface area contributed by atoms with Gasteiger partial charge in [-0.25, -0.2) is 15.0 Å². The van der Waals surface area contributed by atoms with Crippen LogP contribution in [0.4, 0.5) is 5.82 Å². The van der Waals surface area contributed by atoms with Crippen molar-refractivity contribution in [3.63, 3.8) is 0 Å². The highest BCUT2D eigenvalue weighted by Gasteiger charge is 2.44. The molecule has 9 nitrogen and oxygen atoms in total. The first kappa shape index (κ1) is 14.5. The van der Waals surface area contributed by atoms with Crippen LogP contribution in [0, 0.1) is 0 Å². The summed E-state index contributed by atoms with van der Waals surface area (Å²) >= 11 is 1.32. The summed E-state index contributed by atoms with van der Waals surface area (Å²) in [4.78, 5) is 12.3. The van der Waals surface area contributed by atoms with E-state index in [9.17, 15) is 15.3 Å². The van der Waals surface area contributed by atoms with Crippen molar-refractivity contribution in [3.8, 4) is 0 Å². The largest absolute Gasteiger partial charge is 0.394 e. The number of aliphatic hydroxyl groups is 3. The van der Waals surface area contributed by atoms with E-state index in [1.54, 1.807) is 4.57 Å². The lowest BCUT2D eigenvalue weighted by atomic mass is 10.1.